The first-order valence-electron chi connectivity index (χ1n) is 5.45. The van der Waals surface area contributed by atoms with E-state index in [0.717, 1.165) is 19.1 Å². The molecule has 0 radical (unpaired) electrons. The van der Waals surface area contributed by atoms with Crippen molar-refractivity contribution >= 4 is 0 Å². The standard InChI is InChI=1S/C12H15F2NO/c1-8(15-10-4-5-16-7-10)11-3-2-9(13)6-12(11)14/h2-3,6,8,10,15H,4-5,7H2,1H3. The van der Waals surface area contributed by atoms with Crippen LogP contribution in [0.15, 0.2) is 18.2 Å². The Labute approximate surface area is 93.6 Å². The number of nitrogens with one attached hydrogen (secondary N) is 1. The van der Waals surface area contributed by atoms with Crippen LogP contribution >= 0.6 is 0 Å². The zero-order valence-electron chi connectivity index (χ0n) is 9.17. The minimum absolute atomic E-state index is 0.132. The van der Waals surface area contributed by atoms with Crippen molar-refractivity contribution in [1.82, 2.24) is 5.32 Å². The summed E-state index contributed by atoms with van der Waals surface area (Å²) in [6, 6.07) is 3.81. The van der Waals surface area contributed by atoms with Gasteiger partial charge >= 0.3 is 0 Å². The lowest BCUT2D eigenvalue weighted by atomic mass is 10.1. The fourth-order valence-electron chi connectivity index (χ4n) is 1.96. The summed E-state index contributed by atoms with van der Waals surface area (Å²) in [5, 5.41) is 3.27. The number of benzene rings is 1. The van der Waals surface area contributed by atoms with Gasteiger partial charge in [0.15, 0.2) is 0 Å². The van der Waals surface area contributed by atoms with E-state index in [0.29, 0.717) is 12.2 Å². The van der Waals surface area contributed by atoms with E-state index in [1.807, 2.05) is 6.92 Å². The van der Waals surface area contributed by atoms with Crippen molar-refractivity contribution in [3.05, 3.63) is 35.4 Å². The number of ether oxygens (including phenoxy) is 1. The zero-order chi connectivity index (χ0) is 11.5. The number of hydrogen-bond donors (Lipinski definition) is 1. The molecule has 88 valence electrons. The van der Waals surface area contributed by atoms with Crippen molar-refractivity contribution in [3.8, 4) is 0 Å². The van der Waals surface area contributed by atoms with E-state index in [9.17, 15) is 8.78 Å². The summed E-state index contributed by atoms with van der Waals surface area (Å²) in [5.41, 5.74) is 0.494. The van der Waals surface area contributed by atoms with Crippen LogP contribution in [0.2, 0.25) is 0 Å². The van der Waals surface area contributed by atoms with Gasteiger partial charge in [-0.3, -0.25) is 0 Å². The molecule has 1 N–H and O–H groups in total. The Morgan fingerprint density at radius 2 is 2.25 bits per heavy atom. The van der Waals surface area contributed by atoms with Gasteiger partial charge in [-0.2, -0.15) is 0 Å². The van der Waals surface area contributed by atoms with Crippen LogP contribution < -0.4 is 5.32 Å². The van der Waals surface area contributed by atoms with Crippen molar-refractivity contribution in [2.75, 3.05) is 13.2 Å². The number of hydrogen-bond acceptors (Lipinski definition) is 2. The third-order valence-electron chi connectivity index (χ3n) is 2.84. The molecule has 1 aromatic rings. The quantitative estimate of drug-likeness (QED) is 0.856. The van der Waals surface area contributed by atoms with Crippen LogP contribution in [0, 0.1) is 11.6 Å². The topological polar surface area (TPSA) is 21.3 Å². The SMILES string of the molecule is CC(NC1CCOC1)c1ccc(F)cc1F. The minimum atomic E-state index is -0.544. The number of halogens is 2. The van der Waals surface area contributed by atoms with Gasteiger partial charge in [-0.1, -0.05) is 6.07 Å². The zero-order valence-corrected chi connectivity index (χ0v) is 9.17. The lowest BCUT2D eigenvalue weighted by molar-refractivity contribution is 0.188. The summed E-state index contributed by atoms with van der Waals surface area (Å²) < 4.78 is 31.4. The molecule has 0 saturated carbocycles. The van der Waals surface area contributed by atoms with Gasteiger partial charge in [0, 0.05) is 30.3 Å². The lowest BCUT2D eigenvalue weighted by Gasteiger charge is -2.19. The van der Waals surface area contributed by atoms with Gasteiger partial charge in [-0.15, -0.1) is 0 Å². The molecular formula is C12H15F2NO. The molecule has 0 bridgehead atoms. The molecule has 1 saturated heterocycles. The van der Waals surface area contributed by atoms with E-state index in [2.05, 4.69) is 5.32 Å². The second-order valence-electron chi connectivity index (χ2n) is 4.11. The second kappa shape index (κ2) is 4.89. The molecule has 0 spiro atoms. The van der Waals surface area contributed by atoms with Crippen LogP contribution in [-0.2, 0) is 4.74 Å². The maximum Gasteiger partial charge on any atom is 0.130 e. The van der Waals surface area contributed by atoms with Gasteiger partial charge in [-0.05, 0) is 19.4 Å². The third-order valence-corrected chi connectivity index (χ3v) is 2.84. The lowest BCUT2D eigenvalue weighted by Crippen LogP contribution is -2.32. The Hall–Kier alpha value is -1.00. The average Bonchev–Trinajstić information content (AvgIpc) is 2.70. The Balaban J connectivity index is 2.04. The van der Waals surface area contributed by atoms with Gasteiger partial charge in [0.05, 0.1) is 6.61 Å². The van der Waals surface area contributed by atoms with Crippen molar-refractivity contribution in [1.29, 1.82) is 0 Å². The molecule has 2 rings (SSSR count). The van der Waals surface area contributed by atoms with Crippen molar-refractivity contribution in [2.24, 2.45) is 0 Å². The molecule has 2 unspecified atom stereocenters. The van der Waals surface area contributed by atoms with E-state index >= 15 is 0 Å². The summed E-state index contributed by atoms with van der Waals surface area (Å²) in [5.74, 6) is -1.04. The summed E-state index contributed by atoms with van der Waals surface area (Å²) in [6.45, 7) is 3.28. The summed E-state index contributed by atoms with van der Waals surface area (Å²) in [4.78, 5) is 0. The molecule has 0 aromatic heterocycles. The van der Waals surface area contributed by atoms with Crippen LogP contribution in [0.4, 0.5) is 8.78 Å². The first kappa shape index (κ1) is 11.5. The average molecular weight is 227 g/mol. The molecule has 16 heavy (non-hydrogen) atoms. The van der Waals surface area contributed by atoms with Gasteiger partial charge in [-0.25, -0.2) is 8.78 Å². The molecule has 0 amide bonds. The molecule has 2 nitrogen and oxygen atoms in total. The van der Waals surface area contributed by atoms with Crippen molar-refractivity contribution < 1.29 is 13.5 Å². The molecular weight excluding hydrogens is 212 g/mol. The highest BCUT2D eigenvalue weighted by Crippen LogP contribution is 2.19. The van der Waals surface area contributed by atoms with Crippen molar-refractivity contribution in [2.45, 2.75) is 25.4 Å². The molecule has 1 fully saturated rings. The predicted molar refractivity (Wildman–Crippen MR) is 57.1 cm³/mol. The van der Waals surface area contributed by atoms with Gasteiger partial charge in [0.25, 0.3) is 0 Å². The molecule has 0 aliphatic carbocycles. The molecule has 1 aliphatic rings. The van der Waals surface area contributed by atoms with E-state index in [4.69, 9.17) is 4.74 Å². The largest absolute Gasteiger partial charge is 0.380 e. The fraction of sp³-hybridized carbons (Fsp3) is 0.500. The predicted octanol–water partition coefficient (Wildman–Crippen LogP) is 2.40. The van der Waals surface area contributed by atoms with Crippen molar-refractivity contribution in [3.63, 3.8) is 0 Å². The van der Waals surface area contributed by atoms with Crippen LogP contribution in [0.25, 0.3) is 0 Å². The van der Waals surface area contributed by atoms with Crippen LogP contribution in [0.3, 0.4) is 0 Å². The molecule has 4 heteroatoms. The Morgan fingerprint density at radius 1 is 1.44 bits per heavy atom. The first-order chi connectivity index (χ1) is 7.66. The third kappa shape index (κ3) is 2.57. The highest BCUT2D eigenvalue weighted by atomic mass is 19.1. The first-order valence-corrected chi connectivity index (χ1v) is 5.45. The van der Waals surface area contributed by atoms with Gasteiger partial charge in [0.2, 0.25) is 0 Å². The molecule has 1 aliphatic heterocycles. The molecule has 1 aromatic carbocycles. The van der Waals surface area contributed by atoms with E-state index in [1.54, 1.807) is 0 Å². The minimum Gasteiger partial charge on any atom is -0.380 e. The van der Waals surface area contributed by atoms with Gasteiger partial charge < -0.3 is 10.1 Å². The Bertz CT molecular complexity index is 364. The maximum absolute atomic E-state index is 13.5. The smallest absolute Gasteiger partial charge is 0.130 e. The normalized spacial score (nSPS) is 22.3. The highest BCUT2D eigenvalue weighted by Gasteiger charge is 2.19. The second-order valence-corrected chi connectivity index (χ2v) is 4.11. The van der Waals surface area contributed by atoms with E-state index in [-0.39, 0.29) is 12.1 Å². The van der Waals surface area contributed by atoms with E-state index < -0.39 is 11.6 Å². The highest BCUT2D eigenvalue weighted by molar-refractivity contribution is 5.21. The maximum atomic E-state index is 13.5. The van der Waals surface area contributed by atoms with Crippen LogP contribution in [-0.4, -0.2) is 19.3 Å². The molecule has 2 atom stereocenters. The number of rotatable bonds is 3. The summed E-state index contributed by atoms with van der Waals surface area (Å²) >= 11 is 0. The van der Waals surface area contributed by atoms with Crippen LogP contribution in [0.5, 0.6) is 0 Å². The van der Waals surface area contributed by atoms with Gasteiger partial charge in [0.1, 0.15) is 11.6 Å². The summed E-state index contributed by atoms with van der Waals surface area (Å²) in [6.07, 6.45) is 0.938. The summed E-state index contributed by atoms with van der Waals surface area (Å²) in [7, 11) is 0. The van der Waals surface area contributed by atoms with E-state index in [1.165, 1.54) is 12.1 Å². The van der Waals surface area contributed by atoms with Crippen LogP contribution in [0.1, 0.15) is 24.9 Å². The molecule has 1 heterocycles. The fourth-order valence-corrected chi connectivity index (χ4v) is 1.96. The monoisotopic (exact) mass is 227 g/mol. The Kier molecular flexibility index (Phi) is 3.51. The Morgan fingerprint density at radius 3 is 2.88 bits per heavy atom.